The predicted octanol–water partition coefficient (Wildman–Crippen LogP) is 4.21. The van der Waals surface area contributed by atoms with Crippen LogP contribution in [0.4, 0.5) is 17.2 Å². The number of rotatable bonds is 1. The van der Waals surface area contributed by atoms with E-state index in [-0.39, 0.29) is 0 Å². The SMILES string of the molecule is Cc1c(N)cnc(N2CCCCc3ccccc32)c1Br. The highest BCUT2D eigenvalue weighted by Crippen LogP contribution is 2.37. The fourth-order valence-corrected chi connectivity index (χ4v) is 3.22. The number of nitrogen functional groups attached to an aromatic ring is 1. The summed E-state index contributed by atoms with van der Waals surface area (Å²) in [6.07, 6.45) is 5.28. The Morgan fingerprint density at radius 2 is 2.05 bits per heavy atom. The van der Waals surface area contributed by atoms with Crippen LogP contribution in [0.3, 0.4) is 0 Å². The Bertz CT molecular complexity index is 640. The minimum absolute atomic E-state index is 0.726. The molecule has 1 aliphatic heterocycles. The van der Waals surface area contributed by atoms with E-state index in [9.17, 15) is 0 Å². The number of benzene rings is 1. The van der Waals surface area contributed by atoms with Crippen molar-refractivity contribution in [2.75, 3.05) is 17.2 Å². The van der Waals surface area contributed by atoms with Crippen molar-refractivity contribution in [2.24, 2.45) is 0 Å². The quantitative estimate of drug-likeness (QED) is 0.851. The van der Waals surface area contributed by atoms with Gasteiger partial charge in [0.15, 0.2) is 0 Å². The molecule has 0 bridgehead atoms. The molecule has 0 aliphatic carbocycles. The van der Waals surface area contributed by atoms with Crippen LogP contribution in [0.5, 0.6) is 0 Å². The molecule has 1 aliphatic rings. The lowest BCUT2D eigenvalue weighted by atomic mass is 10.1. The molecular formula is C16H18BrN3. The van der Waals surface area contributed by atoms with E-state index in [0.29, 0.717) is 0 Å². The lowest BCUT2D eigenvalue weighted by Crippen LogP contribution is -2.20. The summed E-state index contributed by atoms with van der Waals surface area (Å²) in [5.74, 6) is 0.964. The number of para-hydroxylation sites is 1. The van der Waals surface area contributed by atoms with Gasteiger partial charge in [-0.05, 0) is 59.3 Å². The molecule has 1 aromatic heterocycles. The highest BCUT2D eigenvalue weighted by molar-refractivity contribution is 9.10. The van der Waals surface area contributed by atoms with Crippen molar-refractivity contribution < 1.29 is 0 Å². The number of pyridine rings is 1. The second-order valence-corrected chi connectivity index (χ2v) is 6.01. The molecule has 0 radical (unpaired) electrons. The highest BCUT2D eigenvalue weighted by Gasteiger charge is 2.20. The molecule has 3 nitrogen and oxygen atoms in total. The summed E-state index contributed by atoms with van der Waals surface area (Å²) in [5.41, 5.74) is 10.4. The van der Waals surface area contributed by atoms with Crippen molar-refractivity contribution in [1.29, 1.82) is 0 Å². The Morgan fingerprint density at radius 3 is 2.90 bits per heavy atom. The predicted molar refractivity (Wildman–Crippen MR) is 87.5 cm³/mol. The van der Waals surface area contributed by atoms with E-state index in [1.165, 1.54) is 24.1 Å². The molecule has 0 atom stereocenters. The summed E-state index contributed by atoms with van der Waals surface area (Å²) in [5, 5.41) is 0. The molecule has 3 rings (SSSR count). The molecule has 0 amide bonds. The van der Waals surface area contributed by atoms with Crippen LogP contribution in [0.1, 0.15) is 24.0 Å². The zero-order valence-corrected chi connectivity index (χ0v) is 13.2. The van der Waals surface area contributed by atoms with Crippen molar-refractivity contribution in [3.05, 3.63) is 46.1 Å². The number of aryl methyl sites for hydroxylation is 1. The van der Waals surface area contributed by atoms with E-state index in [1.54, 1.807) is 6.20 Å². The topological polar surface area (TPSA) is 42.1 Å². The van der Waals surface area contributed by atoms with E-state index >= 15 is 0 Å². The van der Waals surface area contributed by atoms with Crippen LogP contribution in [0.2, 0.25) is 0 Å². The third-order valence-corrected chi connectivity index (χ3v) is 4.85. The summed E-state index contributed by atoms with van der Waals surface area (Å²) in [4.78, 5) is 6.86. The van der Waals surface area contributed by atoms with Crippen LogP contribution in [0.25, 0.3) is 0 Å². The largest absolute Gasteiger partial charge is 0.397 e. The zero-order valence-electron chi connectivity index (χ0n) is 11.6. The summed E-state index contributed by atoms with van der Waals surface area (Å²) < 4.78 is 0.995. The normalized spacial score (nSPS) is 14.8. The van der Waals surface area contributed by atoms with Crippen LogP contribution >= 0.6 is 15.9 Å². The Hall–Kier alpha value is -1.55. The summed E-state index contributed by atoms with van der Waals surface area (Å²) in [6, 6.07) is 8.60. The van der Waals surface area contributed by atoms with Gasteiger partial charge in [0.25, 0.3) is 0 Å². The van der Waals surface area contributed by atoms with Gasteiger partial charge in [0.1, 0.15) is 5.82 Å². The minimum atomic E-state index is 0.726. The average molecular weight is 332 g/mol. The van der Waals surface area contributed by atoms with Crippen molar-refractivity contribution >= 4 is 33.1 Å². The first-order valence-electron chi connectivity index (χ1n) is 6.94. The number of nitrogens with zero attached hydrogens (tertiary/aromatic N) is 2. The van der Waals surface area contributed by atoms with E-state index in [1.807, 2.05) is 6.92 Å². The number of hydrogen-bond acceptors (Lipinski definition) is 3. The second-order valence-electron chi connectivity index (χ2n) is 5.21. The molecule has 0 saturated carbocycles. The van der Waals surface area contributed by atoms with Crippen LogP contribution < -0.4 is 10.6 Å². The number of aromatic nitrogens is 1. The van der Waals surface area contributed by atoms with E-state index in [2.05, 4.69) is 50.1 Å². The molecule has 1 aromatic carbocycles. The van der Waals surface area contributed by atoms with Crippen LogP contribution in [0.15, 0.2) is 34.9 Å². The first-order valence-corrected chi connectivity index (χ1v) is 7.74. The Balaban J connectivity index is 2.13. The van der Waals surface area contributed by atoms with Gasteiger partial charge in [-0.1, -0.05) is 18.2 Å². The van der Waals surface area contributed by atoms with E-state index in [0.717, 1.165) is 34.5 Å². The lowest BCUT2D eigenvalue weighted by Gasteiger charge is -2.25. The van der Waals surface area contributed by atoms with E-state index in [4.69, 9.17) is 5.73 Å². The zero-order chi connectivity index (χ0) is 14.1. The molecule has 0 unspecified atom stereocenters. The second kappa shape index (κ2) is 5.44. The number of fused-ring (bicyclic) bond motifs is 1. The Morgan fingerprint density at radius 1 is 1.25 bits per heavy atom. The third-order valence-electron chi connectivity index (χ3n) is 3.90. The maximum atomic E-state index is 5.93. The molecule has 104 valence electrons. The molecule has 20 heavy (non-hydrogen) atoms. The summed E-state index contributed by atoms with van der Waals surface area (Å²) in [7, 11) is 0. The molecule has 0 fully saturated rings. The number of nitrogens with two attached hydrogens (primary N) is 1. The van der Waals surface area contributed by atoms with Gasteiger partial charge < -0.3 is 10.6 Å². The fourth-order valence-electron chi connectivity index (χ4n) is 2.68. The monoisotopic (exact) mass is 331 g/mol. The molecule has 0 spiro atoms. The maximum Gasteiger partial charge on any atom is 0.147 e. The van der Waals surface area contributed by atoms with Crippen LogP contribution in [-0.4, -0.2) is 11.5 Å². The standard InChI is InChI=1S/C16H18BrN3/c1-11-13(18)10-19-16(15(11)17)20-9-5-4-7-12-6-2-3-8-14(12)20/h2-3,6,8,10H,4-5,7,9,18H2,1H3. The highest BCUT2D eigenvalue weighted by atomic mass is 79.9. The number of anilines is 3. The molecule has 4 heteroatoms. The van der Waals surface area contributed by atoms with Gasteiger partial charge in [0.05, 0.1) is 16.4 Å². The average Bonchev–Trinajstić information content (AvgIpc) is 2.68. The smallest absolute Gasteiger partial charge is 0.147 e. The van der Waals surface area contributed by atoms with Gasteiger partial charge in [-0.2, -0.15) is 0 Å². The van der Waals surface area contributed by atoms with Crippen LogP contribution in [0, 0.1) is 6.92 Å². The van der Waals surface area contributed by atoms with Gasteiger partial charge in [-0.15, -0.1) is 0 Å². The molecule has 2 aromatic rings. The maximum absolute atomic E-state index is 5.93. The van der Waals surface area contributed by atoms with Crippen molar-refractivity contribution in [3.8, 4) is 0 Å². The van der Waals surface area contributed by atoms with Gasteiger partial charge in [-0.3, -0.25) is 0 Å². The van der Waals surface area contributed by atoms with Gasteiger partial charge in [-0.25, -0.2) is 4.98 Å². The van der Waals surface area contributed by atoms with Crippen molar-refractivity contribution in [3.63, 3.8) is 0 Å². The van der Waals surface area contributed by atoms with Gasteiger partial charge in [0.2, 0.25) is 0 Å². The van der Waals surface area contributed by atoms with Gasteiger partial charge >= 0.3 is 0 Å². The van der Waals surface area contributed by atoms with Gasteiger partial charge in [0, 0.05) is 12.2 Å². The molecule has 2 heterocycles. The molecule has 0 saturated heterocycles. The number of hydrogen-bond donors (Lipinski definition) is 1. The molecular weight excluding hydrogens is 314 g/mol. The van der Waals surface area contributed by atoms with Crippen molar-refractivity contribution in [2.45, 2.75) is 26.2 Å². The minimum Gasteiger partial charge on any atom is -0.397 e. The first-order chi connectivity index (χ1) is 9.68. The first kappa shape index (κ1) is 13.4. The lowest BCUT2D eigenvalue weighted by molar-refractivity contribution is 0.757. The van der Waals surface area contributed by atoms with E-state index < -0.39 is 0 Å². The molecule has 2 N–H and O–H groups in total. The Kier molecular flexibility index (Phi) is 3.66. The summed E-state index contributed by atoms with van der Waals surface area (Å²) in [6.45, 7) is 3.01. The van der Waals surface area contributed by atoms with Crippen LogP contribution in [-0.2, 0) is 6.42 Å². The Labute approximate surface area is 127 Å². The van der Waals surface area contributed by atoms with Crippen molar-refractivity contribution in [1.82, 2.24) is 4.98 Å². The summed E-state index contributed by atoms with van der Waals surface area (Å²) >= 11 is 3.66. The third kappa shape index (κ3) is 2.29. The number of halogens is 1. The fraction of sp³-hybridized carbons (Fsp3) is 0.312.